The molecule has 1 saturated carbocycles. The van der Waals surface area contributed by atoms with Crippen molar-refractivity contribution < 1.29 is 9.90 Å². The summed E-state index contributed by atoms with van der Waals surface area (Å²) in [5.41, 5.74) is 8.98. The quantitative estimate of drug-likeness (QED) is 0.554. The molecule has 6 nitrogen and oxygen atoms in total. The summed E-state index contributed by atoms with van der Waals surface area (Å²) in [6.45, 7) is 2.03. The Bertz CT molecular complexity index is 1040. The van der Waals surface area contributed by atoms with Crippen LogP contribution in [-0.4, -0.2) is 21.0 Å². The minimum Gasteiger partial charge on any atom is -0.503 e. The van der Waals surface area contributed by atoms with Crippen LogP contribution in [0.3, 0.4) is 0 Å². The van der Waals surface area contributed by atoms with Crippen LogP contribution in [-0.2, 0) is 0 Å². The molecule has 154 valence electrons. The lowest BCUT2D eigenvalue weighted by atomic mass is 9.88. The fraction of sp³-hybridized carbons (Fsp3) is 0.292. The second-order valence-corrected chi connectivity index (χ2v) is 7.90. The lowest BCUT2D eigenvalue weighted by Gasteiger charge is -2.22. The molecule has 6 heteroatoms. The van der Waals surface area contributed by atoms with Crippen molar-refractivity contribution in [2.45, 2.75) is 44.9 Å². The number of anilines is 2. The molecule has 0 atom stereocenters. The number of nitrogens with zero attached hydrogens (tertiary/aromatic N) is 2. The van der Waals surface area contributed by atoms with E-state index in [2.05, 4.69) is 10.3 Å². The Balaban J connectivity index is 1.74. The molecule has 0 bridgehead atoms. The molecular weight excluding hydrogens is 376 g/mol. The van der Waals surface area contributed by atoms with Gasteiger partial charge in [-0.1, -0.05) is 49.1 Å². The Kier molecular flexibility index (Phi) is 5.65. The van der Waals surface area contributed by atoms with Crippen LogP contribution in [0.5, 0.6) is 5.75 Å². The highest BCUT2D eigenvalue weighted by molar-refractivity contribution is 5.93. The molecule has 0 saturated heterocycles. The maximum absolute atomic E-state index is 11.3. The van der Waals surface area contributed by atoms with Crippen LogP contribution in [0.25, 0.3) is 11.3 Å². The third-order valence-electron chi connectivity index (χ3n) is 5.63. The predicted octanol–water partition coefficient (Wildman–Crippen LogP) is 5.05. The van der Waals surface area contributed by atoms with Gasteiger partial charge in [0.2, 0.25) is 5.91 Å². The standard InChI is InChI=1S/C24H26N4O2/c1-15-7-9-16(10-8-15)20-21(29)24(26-19-13-11-17(12-14-19)22(25)30)28-23(27-20)18-5-3-2-4-6-18/h7-14,18,29H,2-6H2,1H3,(H2,25,30)(H,26,27,28). The molecule has 1 heterocycles. The van der Waals surface area contributed by atoms with E-state index in [1.165, 1.54) is 19.3 Å². The monoisotopic (exact) mass is 402 g/mol. The number of carbonyl (C=O) groups excluding carboxylic acids is 1. The first kappa shape index (κ1) is 19.9. The van der Waals surface area contributed by atoms with E-state index in [0.717, 1.165) is 29.8 Å². The van der Waals surface area contributed by atoms with Crippen LogP contribution in [0.1, 0.15) is 59.8 Å². The maximum atomic E-state index is 11.3. The van der Waals surface area contributed by atoms with Gasteiger partial charge in [0.05, 0.1) is 0 Å². The number of nitrogens with two attached hydrogens (primary N) is 1. The molecule has 1 aliphatic rings. The van der Waals surface area contributed by atoms with E-state index < -0.39 is 5.91 Å². The molecule has 2 aromatic carbocycles. The highest BCUT2D eigenvalue weighted by atomic mass is 16.3. The van der Waals surface area contributed by atoms with Gasteiger partial charge in [0.15, 0.2) is 11.6 Å². The number of nitrogens with one attached hydrogen (secondary N) is 1. The minimum absolute atomic E-state index is 0.0115. The van der Waals surface area contributed by atoms with Gasteiger partial charge in [-0.2, -0.15) is 0 Å². The van der Waals surface area contributed by atoms with E-state index >= 15 is 0 Å². The molecule has 1 fully saturated rings. The average Bonchev–Trinajstić information content (AvgIpc) is 2.77. The van der Waals surface area contributed by atoms with Crippen LogP contribution >= 0.6 is 0 Å². The molecule has 1 amide bonds. The molecule has 0 radical (unpaired) electrons. The van der Waals surface area contributed by atoms with Gasteiger partial charge in [0, 0.05) is 22.7 Å². The number of carbonyl (C=O) groups is 1. The summed E-state index contributed by atoms with van der Waals surface area (Å²) in [5, 5.41) is 14.2. The second-order valence-electron chi connectivity index (χ2n) is 7.90. The fourth-order valence-electron chi connectivity index (χ4n) is 3.87. The Labute approximate surface area is 176 Å². The largest absolute Gasteiger partial charge is 0.503 e. The summed E-state index contributed by atoms with van der Waals surface area (Å²) in [6.07, 6.45) is 5.71. The number of hydrogen-bond acceptors (Lipinski definition) is 5. The summed E-state index contributed by atoms with van der Waals surface area (Å²) < 4.78 is 0. The summed E-state index contributed by atoms with van der Waals surface area (Å²) in [5.74, 6) is 0.957. The lowest BCUT2D eigenvalue weighted by molar-refractivity contribution is 0.100. The molecule has 0 spiro atoms. The van der Waals surface area contributed by atoms with E-state index in [4.69, 9.17) is 10.7 Å². The number of rotatable bonds is 5. The van der Waals surface area contributed by atoms with E-state index in [1.807, 2.05) is 31.2 Å². The van der Waals surface area contributed by atoms with Gasteiger partial charge in [-0.15, -0.1) is 0 Å². The zero-order valence-electron chi connectivity index (χ0n) is 17.1. The summed E-state index contributed by atoms with van der Waals surface area (Å²) >= 11 is 0. The van der Waals surface area contributed by atoms with E-state index in [9.17, 15) is 9.90 Å². The third-order valence-corrected chi connectivity index (χ3v) is 5.63. The van der Waals surface area contributed by atoms with Crippen molar-refractivity contribution in [2.24, 2.45) is 5.73 Å². The van der Waals surface area contributed by atoms with Crippen molar-refractivity contribution >= 4 is 17.4 Å². The highest BCUT2D eigenvalue weighted by Gasteiger charge is 2.23. The first-order chi connectivity index (χ1) is 14.5. The third kappa shape index (κ3) is 4.27. The van der Waals surface area contributed by atoms with Crippen LogP contribution in [0.2, 0.25) is 0 Å². The number of aromatic nitrogens is 2. The summed E-state index contributed by atoms with van der Waals surface area (Å²) in [7, 11) is 0. The van der Waals surface area contributed by atoms with Gasteiger partial charge in [0.25, 0.3) is 0 Å². The zero-order chi connectivity index (χ0) is 21.1. The Morgan fingerprint density at radius 1 is 1.00 bits per heavy atom. The SMILES string of the molecule is Cc1ccc(-c2nc(C3CCCCC3)nc(Nc3ccc(C(N)=O)cc3)c2O)cc1. The summed E-state index contributed by atoms with van der Waals surface area (Å²) in [4.78, 5) is 20.8. The Morgan fingerprint density at radius 2 is 1.67 bits per heavy atom. The minimum atomic E-state index is -0.479. The van der Waals surface area contributed by atoms with Crippen LogP contribution in [0, 0.1) is 6.92 Å². The van der Waals surface area contributed by atoms with E-state index in [0.29, 0.717) is 28.7 Å². The van der Waals surface area contributed by atoms with Gasteiger partial charge in [-0.25, -0.2) is 9.97 Å². The van der Waals surface area contributed by atoms with Crippen molar-refractivity contribution in [1.29, 1.82) is 0 Å². The molecule has 1 aromatic heterocycles. The fourth-order valence-corrected chi connectivity index (χ4v) is 3.87. The molecular formula is C24H26N4O2. The van der Waals surface area contributed by atoms with Crippen molar-refractivity contribution in [3.05, 3.63) is 65.5 Å². The first-order valence-electron chi connectivity index (χ1n) is 10.4. The molecule has 1 aliphatic carbocycles. The normalized spacial score (nSPS) is 14.4. The van der Waals surface area contributed by atoms with Gasteiger partial charge < -0.3 is 16.2 Å². The second kappa shape index (κ2) is 8.53. The predicted molar refractivity (Wildman–Crippen MR) is 118 cm³/mol. The van der Waals surface area contributed by atoms with Crippen LogP contribution in [0.4, 0.5) is 11.5 Å². The van der Waals surface area contributed by atoms with Gasteiger partial charge in [0.1, 0.15) is 11.5 Å². The van der Waals surface area contributed by atoms with Crippen molar-refractivity contribution in [3.8, 4) is 17.0 Å². The van der Waals surface area contributed by atoms with E-state index in [1.54, 1.807) is 24.3 Å². The molecule has 4 N–H and O–H groups in total. The van der Waals surface area contributed by atoms with Crippen LogP contribution < -0.4 is 11.1 Å². The zero-order valence-corrected chi connectivity index (χ0v) is 17.1. The smallest absolute Gasteiger partial charge is 0.248 e. The number of aromatic hydroxyl groups is 1. The lowest BCUT2D eigenvalue weighted by Crippen LogP contribution is -2.12. The van der Waals surface area contributed by atoms with E-state index in [-0.39, 0.29) is 5.75 Å². The molecule has 4 rings (SSSR count). The molecule has 30 heavy (non-hydrogen) atoms. The number of aryl methyl sites for hydroxylation is 1. The first-order valence-corrected chi connectivity index (χ1v) is 10.4. The summed E-state index contributed by atoms with van der Waals surface area (Å²) in [6, 6.07) is 14.7. The van der Waals surface area contributed by atoms with Crippen molar-refractivity contribution in [3.63, 3.8) is 0 Å². The Morgan fingerprint density at radius 3 is 2.30 bits per heavy atom. The van der Waals surface area contributed by atoms with Crippen molar-refractivity contribution in [2.75, 3.05) is 5.32 Å². The topological polar surface area (TPSA) is 101 Å². The van der Waals surface area contributed by atoms with Crippen molar-refractivity contribution in [1.82, 2.24) is 9.97 Å². The molecule has 3 aromatic rings. The molecule has 0 unspecified atom stereocenters. The Hall–Kier alpha value is -3.41. The molecule has 0 aliphatic heterocycles. The number of hydrogen-bond donors (Lipinski definition) is 3. The van der Waals surface area contributed by atoms with Crippen LogP contribution in [0.15, 0.2) is 48.5 Å². The number of amides is 1. The maximum Gasteiger partial charge on any atom is 0.248 e. The van der Waals surface area contributed by atoms with Gasteiger partial charge >= 0.3 is 0 Å². The van der Waals surface area contributed by atoms with Gasteiger partial charge in [-0.3, -0.25) is 4.79 Å². The van der Waals surface area contributed by atoms with Gasteiger partial charge in [-0.05, 0) is 44.0 Å². The highest BCUT2D eigenvalue weighted by Crippen LogP contribution is 2.38. The number of primary amides is 1. The number of benzene rings is 2. The average molecular weight is 402 g/mol.